The first-order chi connectivity index (χ1) is 8.52. The summed E-state index contributed by atoms with van der Waals surface area (Å²) in [6, 6.07) is 1.67. The van der Waals surface area contributed by atoms with Gasteiger partial charge in [0.2, 0.25) is 5.91 Å². The third-order valence-corrected chi connectivity index (χ3v) is 3.44. The Bertz CT molecular complexity index is 414. The molecular weight excluding hydrogens is 318 g/mol. The van der Waals surface area contributed by atoms with Gasteiger partial charge in [-0.2, -0.15) is 0 Å². The Labute approximate surface area is 120 Å². The Balaban J connectivity index is 2.47. The fourth-order valence-electron chi connectivity index (χ4n) is 1.53. The standard InChI is InChI=1S/C12H17BrClN3O/c1-8(4-5-15)2-3-11(18)17-10-6-9(14)7-16-12(10)13/h6-8H,2-5,15H2,1H3,(H,17,18). The summed E-state index contributed by atoms with van der Waals surface area (Å²) < 4.78 is 0.579. The highest BCUT2D eigenvalue weighted by molar-refractivity contribution is 9.10. The zero-order valence-electron chi connectivity index (χ0n) is 10.2. The van der Waals surface area contributed by atoms with E-state index in [2.05, 4.69) is 33.2 Å². The van der Waals surface area contributed by atoms with Crippen LogP contribution < -0.4 is 11.1 Å². The highest BCUT2D eigenvalue weighted by Gasteiger charge is 2.09. The van der Waals surface area contributed by atoms with Crippen molar-refractivity contribution in [2.24, 2.45) is 11.7 Å². The second-order valence-corrected chi connectivity index (χ2v) is 5.45. The van der Waals surface area contributed by atoms with E-state index >= 15 is 0 Å². The molecule has 0 saturated carbocycles. The summed E-state index contributed by atoms with van der Waals surface area (Å²) in [4.78, 5) is 15.8. The molecule has 0 spiro atoms. The maximum atomic E-state index is 11.8. The predicted molar refractivity (Wildman–Crippen MR) is 77.6 cm³/mol. The molecule has 4 nitrogen and oxygen atoms in total. The van der Waals surface area contributed by atoms with E-state index in [1.807, 2.05) is 0 Å². The summed E-state index contributed by atoms with van der Waals surface area (Å²) in [6.07, 6.45) is 3.76. The Kier molecular flexibility index (Phi) is 6.60. The molecular formula is C12H17BrClN3O. The lowest BCUT2D eigenvalue weighted by atomic mass is 10.0. The highest BCUT2D eigenvalue weighted by Crippen LogP contribution is 2.23. The Morgan fingerprint density at radius 3 is 3.00 bits per heavy atom. The average Bonchev–Trinajstić information content (AvgIpc) is 2.32. The van der Waals surface area contributed by atoms with Crippen molar-refractivity contribution >= 4 is 39.1 Å². The van der Waals surface area contributed by atoms with Gasteiger partial charge < -0.3 is 11.1 Å². The van der Waals surface area contributed by atoms with E-state index in [9.17, 15) is 4.79 Å². The molecule has 0 aliphatic carbocycles. The van der Waals surface area contributed by atoms with Gasteiger partial charge in [0.15, 0.2) is 0 Å². The van der Waals surface area contributed by atoms with Crippen LogP contribution in [-0.2, 0) is 4.79 Å². The number of amides is 1. The molecule has 1 atom stereocenters. The van der Waals surface area contributed by atoms with Crippen molar-refractivity contribution in [3.05, 3.63) is 21.9 Å². The number of aromatic nitrogens is 1. The number of nitrogens with one attached hydrogen (secondary N) is 1. The summed E-state index contributed by atoms with van der Waals surface area (Å²) in [7, 11) is 0. The van der Waals surface area contributed by atoms with Crippen molar-refractivity contribution in [2.75, 3.05) is 11.9 Å². The van der Waals surface area contributed by atoms with Gasteiger partial charge in [-0.05, 0) is 47.3 Å². The van der Waals surface area contributed by atoms with Crippen LogP contribution in [0.4, 0.5) is 5.69 Å². The number of rotatable bonds is 6. The van der Waals surface area contributed by atoms with Crippen molar-refractivity contribution in [3.63, 3.8) is 0 Å². The molecule has 18 heavy (non-hydrogen) atoms. The van der Waals surface area contributed by atoms with Crippen LogP contribution in [0.15, 0.2) is 16.9 Å². The fourth-order valence-corrected chi connectivity index (χ4v) is 2.00. The van der Waals surface area contributed by atoms with Crippen molar-refractivity contribution in [2.45, 2.75) is 26.2 Å². The number of carbonyl (C=O) groups excluding carboxylic acids is 1. The minimum atomic E-state index is -0.0383. The molecule has 0 saturated heterocycles. The normalized spacial score (nSPS) is 12.2. The Hall–Kier alpha value is -0.650. The van der Waals surface area contributed by atoms with Crippen LogP contribution in [0.2, 0.25) is 5.02 Å². The molecule has 3 N–H and O–H groups in total. The molecule has 6 heteroatoms. The lowest BCUT2D eigenvalue weighted by molar-refractivity contribution is -0.116. The first-order valence-corrected chi connectivity index (χ1v) is 7.01. The van der Waals surface area contributed by atoms with E-state index in [1.165, 1.54) is 6.20 Å². The highest BCUT2D eigenvalue weighted by atomic mass is 79.9. The van der Waals surface area contributed by atoms with Crippen LogP contribution in [-0.4, -0.2) is 17.4 Å². The third kappa shape index (κ3) is 5.33. The van der Waals surface area contributed by atoms with Gasteiger partial charge in [-0.15, -0.1) is 0 Å². The molecule has 0 aliphatic heterocycles. The molecule has 1 amide bonds. The van der Waals surface area contributed by atoms with E-state index in [4.69, 9.17) is 17.3 Å². The molecule has 1 heterocycles. The maximum Gasteiger partial charge on any atom is 0.224 e. The number of hydrogen-bond acceptors (Lipinski definition) is 3. The van der Waals surface area contributed by atoms with Crippen LogP contribution in [0.3, 0.4) is 0 Å². The number of halogens is 2. The molecule has 0 bridgehead atoms. The van der Waals surface area contributed by atoms with Crippen LogP contribution in [0.25, 0.3) is 0 Å². The van der Waals surface area contributed by atoms with Crippen LogP contribution in [0.1, 0.15) is 26.2 Å². The molecule has 0 radical (unpaired) electrons. The van der Waals surface area contributed by atoms with Gasteiger partial charge in [-0.3, -0.25) is 4.79 Å². The second kappa shape index (κ2) is 7.71. The average molecular weight is 335 g/mol. The molecule has 0 fully saturated rings. The van der Waals surface area contributed by atoms with Gasteiger partial charge in [0, 0.05) is 12.6 Å². The molecule has 1 aromatic rings. The first-order valence-electron chi connectivity index (χ1n) is 5.84. The topological polar surface area (TPSA) is 68.0 Å². The third-order valence-electron chi connectivity index (χ3n) is 2.60. The summed E-state index contributed by atoms with van der Waals surface area (Å²) >= 11 is 9.08. The smallest absolute Gasteiger partial charge is 0.224 e. The van der Waals surface area contributed by atoms with Crippen molar-refractivity contribution in [3.8, 4) is 0 Å². The zero-order valence-corrected chi connectivity index (χ0v) is 12.6. The maximum absolute atomic E-state index is 11.8. The van der Waals surface area contributed by atoms with Gasteiger partial charge in [0.05, 0.1) is 10.7 Å². The van der Waals surface area contributed by atoms with Gasteiger partial charge in [-0.1, -0.05) is 18.5 Å². The summed E-state index contributed by atoms with van der Waals surface area (Å²) in [5, 5.41) is 3.28. The SMILES string of the molecule is CC(CCN)CCC(=O)Nc1cc(Cl)cnc1Br. The zero-order chi connectivity index (χ0) is 13.5. The lowest BCUT2D eigenvalue weighted by Crippen LogP contribution is -2.14. The van der Waals surface area contributed by atoms with Gasteiger partial charge >= 0.3 is 0 Å². The lowest BCUT2D eigenvalue weighted by Gasteiger charge is -2.10. The Morgan fingerprint density at radius 1 is 1.61 bits per heavy atom. The molecule has 1 unspecified atom stereocenters. The van der Waals surface area contributed by atoms with E-state index in [-0.39, 0.29) is 5.91 Å². The largest absolute Gasteiger partial charge is 0.330 e. The van der Waals surface area contributed by atoms with E-state index < -0.39 is 0 Å². The van der Waals surface area contributed by atoms with E-state index in [0.29, 0.717) is 34.2 Å². The van der Waals surface area contributed by atoms with Gasteiger partial charge in [-0.25, -0.2) is 4.98 Å². The summed E-state index contributed by atoms with van der Waals surface area (Å²) in [6.45, 7) is 2.75. The molecule has 0 aromatic carbocycles. The minimum Gasteiger partial charge on any atom is -0.330 e. The van der Waals surface area contributed by atoms with Crippen LogP contribution >= 0.6 is 27.5 Å². The van der Waals surface area contributed by atoms with Crippen LogP contribution in [0.5, 0.6) is 0 Å². The van der Waals surface area contributed by atoms with Gasteiger partial charge in [0.25, 0.3) is 0 Å². The first kappa shape index (κ1) is 15.4. The number of nitrogens with zero attached hydrogens (tertiary/aromatic N) is 1. The van der Waals surface area contributed by atoms with E-state index in [1.54, 1.807) is 6.07 Å². The number of carbonyl (C=O) groups is 1. The number of hydrogen-bond donors (Lipinski definition) is 2. The molecule has 1 aromatic heterocycles. The van der Waals surface area contributed by atoms with Crippen LogP contribution in [0, 0.1) is 5.92 Å². The minimum absolute atomic E-state index is 0.0383. The van der Waals surface area contributed by atoms with Crippen molar-refractivity contribution in [1.82, 2.24) is 4.98 Å². The number of pyridine rings is 1. The monoisotopic (exact) mass is 333 g/mol. The van der Waals surface area contributed by atoms with Crippen molar-refractivity contribution in [1.29, 1.82) is 0 Å². The van der Waals surface area contributed by atoms with E-state index in [0.717, 1.165) is 12.8 Å². The number of anilines is 1. The second-order valence-electron chi connectivity index (χ2n) is 4.26. The summed E-state index contributed by atoms with van der Waals surface area (Å²) in [5.41, 5.74) is 6.06. The van der Waals surface area contributed by atoms with Crippen molar-refractivity contribution < 1.29 is 4.79 Å². The molecule has 1 rings (SSSR count). The fraction of sp³-hybridized carbons (Fsp3) is 0.500. The van der Waals surface area contributed by atoms with Gasteiger partial charge in [0.1, 0.15) is 4.60 Å². The Morgan fingerprint density at radius 2 is 2.33 bits per heavy atom. The quantitative estimate of drug-likeness (QED) is 0.785. The summed E-state index contributed by atoms with van der Waals surface area (Å²) in [5.74, 6) is 0.422. The number of nitrogens with two attached hydrogens (primary N) is 1. The molecule has 100 valence electrons. The predicted octanol–water partition coefficient (Wildman–Crippen LogP) is 3.20. The molecule has 0 aliphatic rings.